The Kier molecular flexibility index (Phi) is 4.48. The molecule has 3 fully saturated rings. The summed E-state index contributed by atoms with van der Waals surface area (Å²) in [6, 6.07) is 9.16. The zero-order valence-electron chi connectivity index (χ0n) is 13.4. The highest BCUT2D eigenvalue weighted by Crippen LogP contribution is 2.60. The minimum Gasteiger partial charge on any atom is -0.326 e. The molecule has 0 radical (unpaired) electrons. The molecule has 1 aromatic rings. The summed E-state index contributed by atoms with van der Waals surface area (Å²) >= 11 is 7.34. The lowest BCUT2D eigenvalue weighted by molar-refractivity contribution is -0.140. The van der Waals surface area contributed by atoms with Gasteiger partial charge in [0, 0.05) is 28.3 Å². The summed E-state index contributed by atoms with van der Waals surface area (Å²) in [5.74, 6) is -0.403. The Hall–Kier alpha value is -1.21. The van der Waals surface area contributed by atoms with E-state index in [1.54, 1.807) is 12.1 Å². The first-order valence-electron chi connectivity index (χ1n) is 8.47. The van der Waals surface area contributed by atoms with Crippen molar-refractivity contribution in [3.63, 3.8) is 0 Å². The highest BCUT2D eigenvalue weighted by Gasteiger charge is 2.66. The number of nitrogens with one attached hydrogen (secondary N) is 1. The van der Waals surface area contributed by atoms with Crippen LogP contribution in [0.15, 0.2) is 30.3 Å². The molecule has 1 saturated heterocycles. The van der Waals surface area contributed by atoms with Crippen LogP contribution in [0.25, 0.3) is 0 Å². The lowest BCUT2D eigenvalue weighted by Gasteiger charge is -2.28. The second kappa shape index (κ2) is 6.50. The van der Waals surface area contributed by atoms with Crippen molar-refractivity contribution in [2.24, 2.45) is 23.7 Å². The van der Waals surface area contributed by atoms with Crippen LogP contribution in [0.5, 0.6) is 0 Å². The fourth-order valence-corrected chi connectivity index (χ4v) is 6.46. The van der Waals surface area contributed by atoms with E-state index in [-0.39, 0.29) is 64.0 Å². The fourth-order valence-electron chi connectivity index (χ4n) is 4.59. The smallest absolute Gasteiger partial charge is 0.233 e. The Balaban J connectivity index is 1.40. The Labute approximate surface area is 162 Å². The summed E-state index contributed by atoms with van der Waals surface area (Å²) < 4.78 is 0. The first kappa shape index (κ1) is 17.2. The molecule has 6 unspecified atom stereocenters. The number of fused-ring (bicyclic) bond motifs is 5. The van der Waals surface area contributed by atoms with Gasteiger partial charge in [0.1, 0.15) is 0 Å². The average Bonchev–Trinajstić information content (AvgIpc) is 3.20. The lowest BCUT2D eigenvalue weighted by Crippen LogP contribution is -2.37. The number of hydrogen-bond donors (Lipinski definition) is 1. The SMILES string of the molecule is O=C(CCN1C(=O)C2C3CC(C(Br)C3Br)C2C1=O)Nc1ccccc1. The van der Waals surface area contributed by atoms with E-state index in [0.717, 1.165) is 6.42 Å². The van der Waals surface area contributed by atoms with Crippen molar-refractivity contribution in [1.29, 1.82) is 0 Å². The summed E-state index contributed by atoms with van der Waals surface area (Å²) in [4.78, 5) is 39.4. The number of anilines is 1. The third kappa shape index (κ3) is 2.76. The van der Waals surface area contributed by atoms with Crippen molar-refractivity contribution in [2.45, 2.75) is 22.5 Å². The van der Waals surface area contributed by atoms with Gasteiger partial charge in [0.15, 0.2) is 0 Å². The molecule has 2 aliphatic carbocycles. The van der Waals surface area contributed by atoms with Gasteiger partial charge in [0.2, 0.25) is 17.7 Å². The topological polar surface area (TPSA) is 66.5 Å². The van der Waals surface area contributed by atoms with E-state index in [9.17, 15) is 14.4 Å². The summed E-state index contributed by atoms with van der Waals surface area (Å²) in [5.41, 5.74) is 0.714. The maximum absolute atomic E-state index is 12.7. The molecule has 25 heavy (non-hydrogen) atoms. The van der Waals surface area contributed by atoms with Crippen LogP contribution in [0.4, 0.5) is 5.69 Å². The van der Waals surface area contributed by atoms with E-state index < -0.39 is 0 Å². The quantitative estimate of drug-likeness (QED) is 0.544. The van der Waals surface area contributed by atoms with Gasteiger partial charge in [-0.1, -0.05) is 50.1 Å². The predicted molar refractivity (Wildman–Crippen MR) is 100 cm³/mol. The Bertz CT molecular complexity index is 694. The largest absolute Gasteiger partial charge is 0.326 e. The monoisotopic (exact) mass is 468 g/mol. The Morgan fingerprint density at radius 3 is 2.16 bits per heavy atom. The normalized spacial score (nSPS) is 36.0. The molecule has 6 atom stereocenters. The number of halogens is 2. The maximum atomic E-state index is 12.7. The predicted octanol–water partition coefficient (Wildman–Crippen LogP) is 2.79. The molecule has 3 aliphatic rings. The van der Waals surface area contributed by atoms with Gasteiger partial charge in [-0.05, 0) is 30.4 Å². The van der Waals surface area contributed by atoms with E-state index in [1.165, 1.54) is 4.90 Å². The van der Waals surface area contributed by atoms with Gasteiger partial charge >= 0.3 is 0 Å². The average molecular weight is 470 g/mol. The van der Waals surface area contributed by atoms with Crippen molar-refractivity contribution in [3.8, 4) is 0 Å². The lowest BCUT2D eigenvalue weighted by atomic mass is 9.81. The second-order valence-electron chi connectivity index (χ2n) is 7.00. The molecule has 1 aromatic carbocycles. The molecule has 1 N–H and O–H groups in total. The molecule has 1 aliphatic heterocycles. The molecular weight excluding hydrogens is 452 g/mol. The molecule has 132 valence electrons. The van der Waals surface area contributed by atoms with Gasteiger partial charge in [0.25, 0.3) is 0 Å². The molecule has 0 spiro atoms. The van der Waals surface area contributed by atoms with Crippen LogP contribution in [-0.2, 0) is 14.4 Å². The first-order chi connectivity index (χ1) is 12.0. The van der Waals surface area contributed by atoms with Gasteiger partial charge in [-0.2, -0.15) is 0 Å². The first-order valence-corrected chi connectivity index (χ1v) is 10.3. The van der Waals surface area contributed by atoms with Crippen LogP contribution in [0.1, 0.15) is 12.8 Å². The van der Waals surface area contributed by atoms with Gasteiger partial charge in [-0.15, -0.1) is 0 Å². The van der Waals surface area contributed by atoms with Gasteiger partial charge < -0.3 is 5.32 Å². The minimum absolute atomic E-state index is 0.0983. The maximum Gasteiger partial charge on any atom is 0.233 e. The number of alkyl halides is 2. The molecule has 3 amide bonds. The van der Waals surface area contributed by atoms with Gasteiger partial charge in [-0.25, -0.2) is 0 Å². The minimum atomic E-state index is -0.215. The van der Waals surface area contributed by atoms with Crippen molar-refractivity contribution in [1.82, 2.24) is 4.90 Å². The van der Waals surface area contributed by atoms with Crippen LogP contribution >= 0.6 is 31.9 Å². The molecule has 2 bridgehead atoms. The van der Waals surface area contributed by atoms with Crippen LogP contribution < -0.4 is 5.32 Å². The zero-order chi connectivity index (χ0) is 17.7. The molecule has 2 saturated carbocycles. The molecular formula is C18H18Br2N2O3. The third-order valence-electron chi connectivity index (χ3n) is 5.70. The number of likely N-dealkylation sites (tertiary alicyclic amines) is 1. The second-order valence-corrected chi connectivity index (χ2v) is 9.11. The van der Waals surface area contributed by atoms with Crippen molar-refractivity contribution in [3.05, 3.63) is 30.3 Å². The molecule has 7 heteroatoms. The molecule has 4 rings (SSSR count). The third-order valence-corrected chi connectivity index (χ3v) is 8.91. The number of carbonyl (C=O) groups excluding carboxylic acids is 3. The number of para-hydroxylation sites is 1. The summed E-state index contributed by atoms with van der Waals surface area (Å²) in [5, 5.41) is 2.79. The van der Waals surface area contributed by atoms with Crippen LogP contribution in [0, 0.1) is 23.7 Å². The standard InChI is InChI=1S/C18H18Br2N2O3/c19-15-10-8-11(16(15)20)14-13(10)17(24)22(18(14)25)7-6-12(23)21-9-4-2-1-3-5-9/h1-5,10-11,13-16H,6-8H2,(H,21,23). The Morgan fingerprint density at radius 2 is 1.60 bits per heavy atom. The molecule has 1 heterocycles. The van der Waals surface area contributed by atoms with E-state index >= 15 is 0 Å². The van der Waals surface area contributed by atoms with Crippen LogP contribution in [0.2, 0.25) is 0 Å². The van der Waals surface area contributed by atoms with E-state index in [4.69, 9.17) is 0 Å². The number of imide groups is 1. The van der Waals surface area contributed by atoms with Crippen molar-refractivity contribution < 1.29 is 14.4 Å². The molecule has 5 nitrogen and oxygen atoms in total. The van der Waals surface area contributed by atoms with Crippen LogP contribution in [0.3, 0.4) is 0 Å². The fraction of sp³-hybridized carbons (Fsp3) is 0.500. The number of nitrogens with zero attached hydrogens (tertiary/aromatic N) is 1. The van der Waals surface area contributed by atoms with E-state index in [0.29, 0.717) is 5.69 Å². The van der Waals surface area contributed by atoms with Crippen LogP contribution in [-0.4, -0.2) is 38.8 Å². The highest BCUT2D eigenvalue weighted by molar-refractivity contribution is 9.12. The zero-order valence-corrected chi connectivity index (χ0v) is 16.6. The summed E-state index contributed by atoms with van der Waals surface area (Å²) in [7, 11) is 0. The summed E-state index contributed by atoms with van der Waals surface area (Å²) in [6.45, 7) is 0.155. The van der Waals surface area contributed by atoms with Crippen molar-refractivity contribution >= 4 is 55.3 Å². The van der Waals surface area contributed by atoms with E-state index in [2.05, 4.69) is 37.2 Å². The number of hydrogen-bond acceptors (Lipinski definition) is 3. The molecule has 0 aromatic heterocycles. The number of amides is 3. The van der Waals surface area contributed by atoms with Gasteiger partial charge in [-0.3, -0.25) is 19.3 Å². The van der Waals surface area contributed by atoms with Crippen molar-refractivity contribution in [2.75, 3.05) is 11.9 Å². The van der Waals surface area contributed by atoms with Gasteiger partial charge in [0.05, 0.1) is 11.8 Å². The number of benzene rings is 1. The highest BCUT2D eigenvalue weighted by atomic mass is 79.9. The van der Waals surface area contributed by atoms with E-state index in [1.807, 2.05) is 18.2 Å². The number of rotatable bonds is 4. The summed E-state index contributed by atoms with van der Waals surface area (Å²) in [6.07, 6.45) is 1.04. The number of carbonyl (C=O) groups is 3. The Morgan fingerprint density at radius 1 is 1.04 bits per heavy atom.